The predicted molar refractivity (Wildman–Crippen MR) is 100 cm³/mol. The van der Waals surface area contributed by atoms with Crippen LogP contribution in [0.5, 0.6) is 0 Å². The van der Waals surface area contributed by atoms with Gasteiger partial charge in [0.25, 0.3) is 0 Å². The van der Waals surface area contributed by atoms with E-state index in [0.29, 0.717) is 12.1 Å². The average Bonchev–Trinajstić information content (AvgIpc) is 2.52. The third-order valence-electron chi connectivity index (χ3n) is 4.38. The second-order valence-electron chi connectivity index (χ2n) is 8.34. The third kappa shape index (κ3) is 5.21. The fraction of sp³-hybridized carbons (Fsp3) is 0.600. The summed E-state index contributed by atoms with van der Waals surface area (Å²) >= 11 is 0. The first-order valence-electron chi connectivity index (χ1n) is 8.92. The smallest absolute Gasteiger partial charge is 0.410 e. The Hall–Kier alpha value is -2.08. The number of ether oxygens (including phenoxy) is 2. The van der Waals surface area contributed by atoms with Crippen molar-refractivity contribution in [3.05, 3.63) is 35.4 Å². The molecule has 1 aliphatic rings. The molecule has 1 heterocycles. The van der Waals surface area contributed by atoms with Crippen LogP contribution in [0, 0.1) is 0 Å². The maximum absolute atomic E-state index is 12.5. The SMILES string of the molecule is COC(=O)c1ccc(CN2CCN(C(=O)OC(C)(C)C)C(C)(C)C2)cc1. The summed E-state index contributed by atoms with van der Waals surface area (Å²) in [7, 11) is 1.38. The van der Waals surface area contributed by atoms with Crippen LogP contribution in [-0.4, -0.2) is 59.7 Å². The lowest BCUT2D eigenvalue weighted by atomic mass is 9.98. The van der Waals surface area contributed by atoms with Crippen molar-refractivity contribution in [2.75, 3.05) is 26.7 Å². The number of amides is 1. The highest BCUT2D eigenvalue weighted by Gasteiger charge is 2.38. The molecule has 1 aliphatic heterocycles. The van der Waals surface area contributed by atoms with E-state index >= 15 is 0 Å². The van der Waals surface area contributed by atoms with Crippen LogP contribution < -0.4 is 0 Å². The standard InChI is InChI=1S/C20H30N2O4/c1-19(2,3)26-18(24)22-12-11-21(14-20(22,4)5)13-15-7-9-16(10-8-15)17(23)25-6/h7-10H,11-14H2,1-6H3. The summed E-state index contributed by atoms with van der Waals surface area (Å²) in [6, 6.07) is 7.45. The maximum Gasteiger partial charge on any atom is 0.410 e. The van der Waals surface area contributed by atoms with Gasteiger partial charge in [-0.25, -0.2) is 9.59 Å². The van der Waals surface area contributed by atoms with E-state index in [1.165, 1.54) is 7.11 Å². The quantitative estimate of drug-likeness (QED) is 0.772. The number of rotatable bonds is 3. The molecule has 0 saturated carbocycles. The fourth-order valence-corrected chi connectivity index (χ4v) is 3.17. The minimum atomic E-state index is -0.494. The molecule has 144 valence electrons. The molecule has 0 unspecified atom stereocenters. The first-order valence-corrected chi connectivity index (χ1v) is 8.92. The Kier molecular flexibility index (Phi) is 5.96. The van der Waals surface area contributed by atoms with E-state index in [9.17, 15) is 9.59 Å². The third-order valence-corrected chi connectivity index (χ3v) is 4.38. The number of hydrogen-bond acceptors (Lipinski definition) is 5. The molecule has 1 aromatic rings. The summed E-state index contributed by atoms with van der Waals surface area (Å²) < 4.78 is 10.3. The Morgan fingerprint density at radius 2 is 1.73 bits per heavy atom. The van der Waals surface area contributed by atoms with Gasteiger partial charge in [0, 0.05) is 26.2 Å². The first kappa shape index (κ1) is 20.2. The molecule has 2 rings (SSSR count). The Morgan fingerprint density at radius 1 is 1.12 bits per heavy atom. The molecule has 26 heavy (non-hydrogen) atoms. The number of methoxy groups -OCH3 is 1. The van der Waals surface area contributed by atoms with Crippen molar-refractivity contribution in [3.8, 4) is 0 Å². The van der Waals surface area contributed by atoms with E-state index in [-0.39, 0.29) is 17.6 Å². The van der Waals surface area contributed by atoms with Crippen molar-refractivity contribution in [1.82, 2.24) is 9.80 Å². The molecule has 0 atom stereocenters. The molecule has 0 bridgehead atoms. The van der Waals surface area contributed by atoms with Gasteiger partial charge >= 0.3 is 12.1 Å². The lowest BCUT2D eigenvalue weighted by Crippen LogP contribution is -2.61. The summed E-state index contributed by atoms with van der Waals surface area (Å²) in [5.74, 6) is -0.330. The second-order valence-corrected chi connectivity index (χ2v) is 8.34. The highest BCUT2D eigenvalue weighted by molar-refractivity contribution is 5.89. The van der Waals surface area contributed by atoms with Gasteiger partial charge in [0.1, 0.15) is 5.60 Å². The van der Waals surface area contributed by atoms with Crippen LogP contribution in [0.4, 0.5) is 4.79 Å². The monoisotopic (exact) mass is 362 g/mol. The molecule has 1 saturated heterocycles. The zero-order valence-electron chi connectivity index (χ0n) is 16.7. The molecule has 0 radical (unpaired) electrons. The van der Waals surface area contributed by atoms with Crippen molar-refractivity contribution in [2.45, 2.75) is 52.3 Å². The van der Waals surface area contributed by atoms with Gasteiger partial charge in [-0.15, -0.1) is 0 Å². The summed E-state index contributed by atoms with van der Waals surface area (Å²) in [6.07, 6.45) is -0.260. The second kappa shape index (κ2) is 7.66. The van der Waals surface area contributed by atoms with Crippen LogP contribution in [0.15, 0.2) is 24.3 Å². The number of carbonyl (C=O) groups excluding carboxylic acids is 2. The largest absolute Gasteiger partial charge is 0.465 e. The molecular weight excluding hydrogens is 332 g/mol. The van der Waals surface area contributed by atoms with Crippen LogP contribution in [0.1, 0.15) is 50.5 Å². The van der Waals surface area contributed by atoms with E-state index in [2.05, 4.69) is 18.7 Å². The van der Waals surface area contributed by atoms with Crippen LogP contribution in [-0.2, 0) is 16.0 Å². The Balaban J connectivity index is 1.98. The molecule has 1 amide bonds. The van der Waals surface area contributed by atoms with Crippen LogP contribution >= 0.6 is 0 Å². The molecule has 6 heteroatoms. The van der Waals surface area contributed by atoms with Gasteiger partial charge in [-0.05, 0) is 52.3 Å². The Morgan fingerprint density at radius 3 is 2.23 bits per heavy atom. The zero-order chi connectivity index (χ0) is 19.5. The van der Waals surface area contributed by atoms with Crippen molar-refractivity contribution in [2.24, 2.45) is 0 Å². The Labute approximate surface area is 156 Å². The number of carbonyl (C=O) groups is 2. The van der Waals surface area contributed by atoms with Crippen LogP contribution in [0.2, 0.25) is 0 Å². The van der Waals surface area contributed by atoms with Gasteiger partial charge in [0.05, 0.1) is 18.2 Å². The summed E-state index contributed by atoms with van der Waals surface area (Å²) in [4.78, 5) is 28.1. The van der Waals surface area contributed by atoms with E-state index in [1.807, 2.05) is 37.8 Å². The number of piperazine rings is 1. The molecule has 0 N–H and O–H groups in total. The predicted octanol–water partition coefficient (Wildman–Crippen LogP) is 3.30. The fourth-order valence-electron chi connectivity index (χ4n) is 3.17. The molecule has 0 aliphatic carbocycles. The van der Waals surface area contributed by atoms with Gasteiger partial charge in [-0.2, -0.15) is 0 Å². The topological polar surface area (TPSA) is 59.1 Å². The number of benzene rings is 1. The van der Waals surface area contributed by atoms with E-state index in [4.69, 9.17) is 9.47 Å². The maximum atomic E-state index is 12.5. The Bertz CT molecular complexity index is 647. The lowest BCUT2D eigenvalue weighted by Gasteiger charge is -2.47. The van der Waals surface area contributed by atoms with E-state index in [0.717, 1.165) is 25.2 Å². The van der Waals surface area contributed by atoms with E-state index in [1.54, 1.807) is 12.1 Å². The number of hydrogen-bond donors (Lipinski definition) is 0. The molecule has 0 spiro atoms. The zero-order valence-corrected chi connectivity index (χ0v) is 16.7. The molecular formula is C20H30N2O4. The van der Waals surface area contributed by atoms with Gasteiger partial charge in [-0.3, -0.25) is 4.90 Å². The minimum absolute atomic E-state index is 0.260. The first-order chi connectivity index (χ1) is 12.0. The van der Waals surface area contributed by atoms with Crippen molar-refractivity contribution < 1.29 is 19.1 Å². The van der Waals surface area contributed by atoms with Crippen LogP contribution in [0.25, 0.3) is 0 Å². The van der Waals surface area contributed by atoms with Crippen molar-refractivity contribution >= 4 is 12.1 Å². The normalized spacial score (nSPS) is 17.7. The molecule has 1 fully saturated rings. The average molecular weight is 362 g/mol. The minimum Gasteiger partial charge on any atom is -0.465 e. The highest BCUT2D eigenvalue weighted by atomic mass is 16.6. The highest BCUT2D eigenvalue weighted by Crippen LogP contribution is 2.25. The number of esters is 1. The summed E-state index contributed by atoms with van der Waals surface area (Å²) in [5.41, 5.74) is 0.864. The molecule has 0 aromatic heterocycles. The lowest BCUT2D eigenvalue weighted by molar-refractivity contribution is -0.0244. The van der Waals surface area contributed by atoms with Gasteiger partial charge in [0.2, 0.25) is 0 Å². The summed E-state index contributed by atoms with van der Waals surface area (Å²) in [6.45, 7) is 12.7. The van der Waals surface area contributed by atoms with Gasteiger partial charge < -0.3 is 14.4 Å². The van der Waals surface area contributed by atoms with Crippen molar-refractivity contribution in [1.29, 1.82) is 0 Å². The van der Waals surface area contributed by atoms with E-state index < -0.39 is 5.60 Å². The summed E-state index contributed by atoms with van der Waals surface area (Å²) in [5, 5.41) is 0. The van der Waals surface area contributed by atoms with Gasteiger partial charge in [-0.1, -0.05) is 12.1 Å². The van der Waals surface area contributed by atoms with Crippen molar-refractivity contribution in [3.63, 3.8) is 0 Å². The number of nitrogens with zero attached hydrogens (tertiary/aromatic N) is 2. The van der Waals surface area contributed by atoms with Crippen LogP contribution in [0.3, 0.4) is 0 Å². The molecule has 6 nitrogen and oxygen atoms in total. The molecule has 1 aromatic carbocycles. The van der Waals surface area contributed by atoms with Gasteiger partial charge in [0.15, 0.2) is 0 Å².